The van der Waals surface area contributed by atoms with Crippen LogP contribution in [0.2, 0.25) is 0 Å². The van der Waals surface area contributed by atoms with E-state index in [1.165, 1.54) is 161 Å². The molecule has 0 rings (SSSR count). The van der Waals surface area contributed by atoms with Gasteiger partial charge in [-0.1, -0.05) is 193 Å². The minimum absolute atomic E-state index is 0.0336. The maximum Gasteiger partial charge on any atom is 0.222 e. The molecule has 0 spiro atoms. The molecule has 5 heteroatoms. The van der Waals surface area contributed by atoms with E-state index >= 15 is 0 Å². The zero-order chi connectivity index (χ0) is 34.5. The van der Waals surface area contributed by atoms with Crippen LogP contribution < -0.4 is 5.32 Å². The highest BCUT2D eigenvalue weighted by molar-refractivity contribution is 5.76. The summed E-state index contributed by atoms with van der Waals surface area (Å²) in [6, 6.07) is -0.657. The van der Waals surface area contributed by atoms with Gasteiger partial charge in [-0.25, -0.2) is 0 Å². The SMILES string of the molecule is CCCCCCCCCC/C=C\CCCCCCCC(O)CC(=O)NC(CO)C(O)CCCCCCCCCCCCCCCCC. The number of hydrogen-bond acceptors (Lipinski definition) is 4. The highest BCUT2D eigenvalue weighted by atomic mass is 16.3. The van der Waals surface area contributed by atoms with Crippen LogP contribution in [0.15, 0.2) is 12.2 Å². The number of amides is 1. The van der Waals surface area contributed by atoms with Gasteiger partial charge in [-0.3, -0.25) is 4.79 Å². The Hall–Kier alpha value is -0.910. The summed E-state index contributed by atoms with van der Waals surface area (Å²) >= 11 is 0. The Labute approximate surface area is 293 Å². The van der Waals surface area contributed by atoms with Crippen LogP contribution in [0.25, 0.3) is 0 Å². The van der Waals surface area contributed by atoms with Gasteiger partial charge in [-0.2, -0.15) is 0 Å². The molecule has 280 valence electrons. The van der Waals surface area contributed by atoms with Gasteiger partial charge in [0.25, 0.3) is 0 Å². The summed E-state index contributed by atoms with van der Waals surface area (Å²) in [4.78, 5) is 12.4. The Balaban J connectivity index is 3.64. The molecule has 0 saturated heterocycles. The van der Waals surface area contributed by atoms with Crippen molar-refractivity contribution in [3.05, 3.63) is 12.2 Å². The lowest BCUT2D eigenvalue weighted by atomic mass is 10.0. The van der Waals surface area contributed by atoms with Crippen molar-refractivity contribution in [3.63, 3.8) is 0 Å². The summed E-state index contributed by atoms with van der Waals surface area (Å²) in [5.41, 5.74) is 0. The smallest absolute Gasteiger partial charge is 0.222 e. The number of carbonyl (C=O) groups is 1. The molecule has 0 aromatic rings. The van der Waals surface area contributed by atoms with Crippen molar-refractivity contribution < 1.29 is 20.1 Å². The molecule has 3 atom stereocenters. The largest absolute Gasteiger partial charge is 0.394 e. The zero-order valence-electron chi connectivity index (χ0n) is 31.7. The summed E-state index contributed by atoms with van der Waals surface area (Å²) in [5, 5.41) is 33.3. The Bertz CT molecular complexity index is 655. The van der Waals surface area contributed by atoms with E-state index in [-0.39, 0.29) is 18.9 Å². The second kappa shape index (κ2) is 37.9. The van der Waals surface area contributed by atoms with E-state index < -0.39 is 18.2 Å². The van der Waals surface area contributed by atoms with Crippen molar-refractivity contribution in [3.8, 4) is 0 Å². The molecule has 0 bridgehead atoms. The summed E-state index contributed by atoms with van der Waals surface area (Å²) in [6.45, 7) is 4.26. The van der Waals surface area contributed by atoms with Crippen molar-refractivity contribution in [2.24, 2.45) is 0 Å². The van der Waals surface area contributed by atoms with Crippen LogP contribution in [0.5, 0.6) is 0 Å². The molecule has 4 N–H and O–H groups in total. The fourth-order valence-electron chi connectivity index (χ4n) is 6.58. The minimum Gasteiger partial charge on any atom is -0.394 e. The van der Waals surface area contributed by atoms with Crippen molar-refractivity contribution in [2.45, 2.75) is 244 Å². The van der Waals surface area contributed by atoms with E-state index in [0.717, 1.165) is 32.1 Å². The quantitative estimate of drug-likeness (QED) is 0.0390. The number of aliphatic hydroxyl groups is 3. The van der Waals surface area contributed by atoms with Gasteiger partial charge < -0.3 is 20.6 Å². The molecule has 0 aliphatic carbocycles. The first kappa shape index (κ1) is 46.1. The summed E-state index contributed by atoms with van der Waals surface area (Å²) in [7, 11) is 0. The number of nitrogens with one attached hydrogen (secondary N) is 1. The maximum atomic E-state index is 12.4. The molecular formula is C42H83NO4. The van der Waals surface area contributed by atoms with E-state index in [9.17, 15) is 20.1 Å². The van der Waals surface area contributed by atoms with E-state index in [2.05, 4.69) is 31.3 Å². The van der Waals surface area contributed by atoms with Crippen molar-refractivity contribution in [1.82, 2.24) is 5.32 Å². The molecule has 3 unspecified atom stereocenters. The van der Waals surface area contributed by atoms with E-state index in [4.69, 9.17) is 0 Å². The van der Waals surface area contributed by atoms with Gasteiger partial charge in [0, 0.05) is 0 Å². The molecule has 0 aromatic carbocycles. The third kappa shape index (κ3) is 34.7. The molecule has 0 aliphatic heterocycles. The van der Waals surface area contributed by atoms with Gasteiger partial charge in [0.05, 0.1) is 31.3 Å². The molecule has 5 nitrogen and oxygen atoms in total. The van der Waals surface area contributed by atoms with E-state index in [0.29, 0.717) is 12.8 Å². The average Bonchev–Trinajstić information content (AvgIpc) is 3.06. The fourth-order valence-corrected chi connectivity index (χ4v) is 6.58. The van der Waals surface area contributed by atoms with Crippen molar-refractivity contribution in [2.75, 3.05) is 6.61 Å². The number of hydrogen-bond donors (Lipinski definition) is 4. The summed E-state index contributed by atoms with van der Waals surface area (Å²) in [5.74, 6) is -0.286. The number of allylic oxidation sites excluding steroid dienone is 2. The molecular weight excluding hydrogens is 582 g/mol. The second-order valence-electron chi connectivity index (χ2n) is 14.6. The van der Waals surface area contributed by atoms with Crippen LogP contribution in [-0.2, 0) is 4.79 Å². The van der Waals surface area contributed by atoms with Crippen LogP contribution in [0.3, 0.4) is 0 Å². The van der Waals surface area contributed by atoms with Gasteiger partial charge in [-0.15, -0.1) is 0 Å². The first-order valence-electron chi connectivity index (χ1n) is 21.0. The third-order valence-electron chi connectivity index (χ3n) is 9.83. The molecule has 0 radical (unpaired) electrons. The van der Waals surface area contributed by atoms with Gasteiger partial charge in [0.1, 0.15) is 0 Å². The van der Waals surface area contributed by atoms with Gasteiger partial charge in [0.2, 0.25) is 5.91 Å². The summed E-state index contributed by atoms with van der Waals surface area (Å²) in [6.07, 6.45) is 43.1. The van der Waals surface area contributed by atoms with Gasteiger partial charge >= 0.3 is 0 Å². The second-order valence-corrected chi connectivity index (χ2v) is 14.6. The monoisotopic (exact) mass is 666 g/mol. The summed E-state index contributed by atoms with van der Waals surface area (Å²) < 4.78 is 0. The normalized spacial score (nSPS) is 13.7. The van der Waals surface area contributed by atoms with Crippen LogP contribution in [0.4, 0.5) is 0 Å². The molecule has 1 amide bonds. The molecule has 47 heavy (non-hydrogen) atoms. The molecule has 0 saturated carbocycles. The topological polar surface area (TPSA) is 89.8 Å². The van der Waals surface area contributed by atoms with Crippen LogP contribution >= 0.6 is 0 Å². The Kier molecular flexibility index (Phi) is 37.2. The zero-order valence-corrected chi connectivity index (χ0v) is 31.7. The van der Waals surface area contributed by atoms with Crippen LogP contribution in [0, 0.1) is 0 Å². The highest BCUT2D eigenvalue weighted by Gasteiger charge is 2.21. The Morgan fingerprint density at radius 1 is 0.511 bits per heavy atom. The Morgan fingerprint density at radius 3 is 1.23 bits per heavy atom. The lowest BCUT2D eigenvalue weighted by molar-refractivity contribution is -0.125. The average molecular weight is 666 g/mol. The fraction of sp³-hybridized carbons (Fsp3) is 0.929. The first-order valence-corrected chi connectivity index (χ1v) is 21.0. The van der Waals surface area contributed by atoms with Gasteiger partial charge in [0.15, 0.2) is 0 Å². The van der Waals surface area contributed by atoms with Crippen molar-refractivity contribution in [1.29, 1.82) is 0 Å². The van der Waals surface area contributed by atoms with E-state index in [1.54, 1.807) is 0 Å². The molecule has 0 aliphatic rings. The predicted octanol–water partition coefficient (Wildman–Crippen LogP) is 11.7. The molecule has 0 fully saturated rings. The first-order chi connectivity index (χ1) is 23.0. The number of unbranched alkanes of at least 4 members (excludes halogenated alkanes) is 27. The maximum absolute atomic E-state index is 12.4. The minimum atomic E-state index is -0.747. The highest BCUT2D eigenvalue weighted by Crippen LogP contribution is 2.16. The molecule has 0 aromatic heterocycles. The van der Waals surface area contributed by atoms with Crippen LogP contribution in [0.1, 0.15) is 226 Å². The predicted molar refractivity (Wildman–Crippen MR) is 204 cm³/mol. The van der Waals surface area contributed by atoms with Crippen LogP contribution in [-0.4, -0.2) is 46.1 Å². The standard InChI is InChI=1S/C42H83NO4/c1-3-5-7-9-11-13-15-17-19-20-22-23-25-27-29-31-33-35-39(45)37-42(47)43-40(38-44)41(46)36-34-32-30-28-26-24-21-18-16-14-12-10-8-6-4-2/h20,22,39-41,44-46H,3-19,21,23-38H2,1-2H3,(H,43,47)/b22-20-. The number of carbonyl (C=O) groups excluding carboxylic acids is 1. The van der Waals surface area contributed by atoms with Crippen molar-refractivity contribution >= 4 is 5.91 Å². The van der Waals surface area contributed by atoms with Gasteiger partial charge in [-0.05, 0) is 38.5 Å². The number of rotatable bonds is 38. The third-order valence-corrected chi connectivity index (χ3v) is 9.83. The lowest BCUT2D eigenvalue weighted by Crippen LogP contribution is -2.46. The Morgan fingerprint density at radius 2 is 0.851 bits per heavy atom. The number of aliphatic hydroxyl groups excluding tert-OH is 3. The molecule has 0 heterocycles. The van der Waals surface area contributed by atoms with E-state index in [1.807, 2.05) is 0 Å². The lowest BCUT2D eigenvalue weighted by Gasteiger charge is -2.23.